The highest BCUT2D eigenvalue weighted by Crippen LogP contribution is 2.21. The number of rotatable bonds is 5. The second-order valence-corrected chi connectivity index (χ2v) is 4.83. The molecule has 1 unspecified atom stereocenters. The van der Waals surface area contributed by atoms with Crippen LogP contribution < -0.4 is 5.32 Å². The molecule has 0 aromatic carbocycles. The van der Waals surface area contributed by atoms with Crippen molar-refractivity contribution in [2.75, 3.05) is 6.61 Å². The number of amides is 1. The van der Waals surface area contributed by atoms with Crippen LogP contribution >= 0.6 is 23.4 Å². The van der Waals surface area contributed by atoms with Crippen molar-refractivity contribution in [1.82, 2.24) is 10.3 Å². The van der Waals surface area contributed by atoms with E-state index in [2.05, 4.69) is 10.3 Å². The first-order valence-electron chi connectivity index (χ1n) is 5.25. The zero-order valence-corrected chi connectivity index (χ0v) is 11.5. The smallest absolute Gasteiger partial charge is 0.339 e. The average Bonchev–Trinajstić information content (AvgIpc) is 2.31. The number of aromatic nitrogens is 1. The van der Waals surface area contributed by atoms with Crippen LogP contribution in [-0.2, 0) is 14.3 Å². The molecular formula is C11H13ClN2O3S. The number of hydrogen-bond acceptors (Lipinski definition) is 5. The van der Waals surface area contributed by atoms with Gasteiger partial charge >= 0.3 is 5.97 Å². The van der Waals surface area contributed by atoms with Crippen LogP contribution in [0.15, 0.2) is 23.4 Å². The van der Waals surface area contributed by atoms with Crippen LogP contribution in [0, 0.1) is 0 Å². The predicted molar refractivity (Wildman–Crippen MR) is 69.3 cm³/mol. The van der Waals surface area contributed by atoms with E-state index in [1.54, 1.807) is 19.1 Å². The number of thioether (sulfide) groups is 1. The van der Waals surface area contributed by atoms with E-state index in [0.29, 0.717) is 10.0 Å². The molecule has 0 saturated carbocycles. The Kier molecular flexibility index (Phi) is 5.94. The number of carbonyl (C=O) groups is 2. The Labute approximate surface area is 114 Å². The van der Waals surface area contributed by atoms with Gasteiger partial charge < -0.3 is 10.1 Å². The number of halogens is 1. The van der Waals surface area contributed by atoms with Crippen molar-refractivity contribution in [1.29, 1.82) is 0 Å². The first kappa shape index (κ1) is 14.8. The van der Waals surface area contributed by atoms with Gasteiger partial charge in [-0.2, -0.15) is 0 Å². The molecule has 0 spiro atoms. The fraction of sp³-hybridized carbons (Fsp3) is 0.364. The molecule has 0 radical (unpaired) electrons. The number of nitrogens with one attached hydrogen (secondary N) is 1. The number of carbonyl (C=O) groups excluding carboxylic acids is 2. The summed E-state index contributed by atoms with van der Waals surface area (Å²) in [4.78, 5) is 26.7. The summed E-state index contributed by atoms with van der Waals surface area (Å²) in [6, 6.07) is 3.33. The largest absolute Gasteiger partial charge is 0.464 e. The highest BCUT2D eigenvalue weighted by atomic mass is 35.5. The number of esters is 1. The second kappa shape index (κ2) is 7.23. The van der Waals surface area contributed by atoms with Crippen LogP contribution in [0.1, 0.15) is 13.8 Å². The minimum atomic E-state index is -0.809. The van der Waals surface area contributed by atoms with Crippen molar-refractivity contribution >= 4 is 35.2 Å². The van der Waals surface area contributed by atoms with Crippen LogP contribution in [0.4, 0.5) is 0 Å². The summed E-state index contributed by atoms with van der Waals surface area (Å²) in [5.41, 5.74) is 0. The fourth-order valence-electron chi connectivity index (χ4n) is 1.09. The molecule has 1 atom stereocenters. The lowest BCUT2D eigenvalue weighted by Gasteiger charge is -2.15. The maximum Gasteiger partial charge on any atom is 0.339 e. The van der Waals surface area contributed by atoms with Crippen LogP contribution in [0.5, 0.6) is 0 Å². The molecule has 1 rings (SSSR count). The van der Waals surface area contributed by atoms with Gasteiger partial charge in [-0.3, -0.25) is 4.79 Å². The molecule has 7 heteroatoms. The third kappa shape index (κ3) is 4.93. The monoisotopic (exact) mass is 288 g/mol. The number of hydrogen-bond donors (Lipinski definition) is 1. The highest BCUT2D eigenvalue weighted by molar-refractivity contribution is 8.00. The van der Waals surface area contributed by atoms with Crippen LogP contribution in [-0.4, -0.2) is 28.8 Å². The van der Waals surface area contributed by atoms with Crippen molar-refractivity contribution in [2.45, 2.75) is 24.2 Å². The molecule has 1 N–H and O–H groups in total. The third-order valence-corrected chi connectivity index (χ3v) is 3.03. The van der Waals surface area contributed by atoms with Crippen molar-refractivity contribution in [3.8, 4) is 0 Å². The van der Waals surface area contributed by atoms with Crippen LogP contribution in [0.2, 0.25) is 5.02 Å². The standard InChI is InChI=1S/C11H13ClN2O3S/c1-3-17-11(16)10(14-7(2)15)18-9-5-4-8(12)6-13-9/h4-6,10H,3H2,1-2H3,(H,14,15). The zero-order valence-electron chi connectivity index (χ0n) is 9.97. The minimum absolute atomic E-state index is 0.253. The lowest BCUT2D eigenvalue weighted by Crippen LogP contribution is -2.38. The van der Waals surface area contributed by atoms with Gasteiger partial charge in [-0.1, -0.05) is 23.4 Å². The molecule has 1 amide bonds. The first-order valence-corrected chi connectivity index (χ1v) is 6.50. The topological polar surface area (TPSA) is 68.3 Å². The number of nitrogens with zero attached hydrogens (tertiary/aromatic N) is 1. The molecule has 1 aromatic heterocycles. The Balaban J connectivity index is 2.74. The molecule has 5 nitrogen and oxygen atoms in total. The van der Waals surface area contributed by atoms with Gasteiger partial charge in [0, 0.05) is 13.1 Å². The van der Waals surface area contributed by atoms with Crippen LogP contribution in [0.3, 0.4) is 0 Å². The molecule has 98 valence electrons. The molecule has 0 bridgehead atoms. The Morgan fingerprint density at radius 1 is 1.56 bits per heavy atom. The summed E-state index contributed by atoms with van der Waals surface area (Å²) in [6.45, 7) is 3.29. The molecule has 1 aromatic rings. The van der Waals surface area contributed by atoms with Gasteiger partial charge in [0.1, 0.15) is 0 Å². The third-order valence-electron chi connectivity index (χ3n) is 1.77. The maximum atomic E-state index is 11.6. The van der Waals surface area contributed by atoms with E-state index in [1.807, 2.05) is 0 Å². The maximum absolute atomic E-state index is 11.6. The Morgan fingerprint density at radius 3 is 2.78 bits per heavy atom. The molecule has 0 saturated heterocycles. The molecular weight excluding hydrogens is 276 g/mol. The summed E-state index contributed by atoms with van der Waals surface area (Å²) >= 11 is 6.81. The van der Waals surface area contributed by atoms with Crippen molar-refractivity contribution in [2.24, 2.45) is 0 Å². The second-order valence-electron chi connectivity index (χ2n) is 3.27. The summed E-state index contributed by atoms with van der Waals surface area (Å²) in [5, 5.41) is 2.78. The van der Waals surface area contributed by atoms with Crippen molar-refractivity contribution in [3.05, 3.63) is 23.4 Å². The summed E-state index contributed by atoms with van der Waals surface area (Å²) in [5.74, 6) is -0.816. The molecule has 0 aliphatic rings. The van der Waals surface area contributed by atoms with E-state index in [1.165, 1.54) is 13.1 Å². The number of pyridine rings is 1. The molecule has 18 heavy (non-hydrogen) atoms. The predicted octanol–water partition coefficient (Wildman–Crippen LogP) is 1.85. The Bertz CT molecular complexity index is 425. The quantitative estimate of drug-likeness (QED) is 0.509. The number of ether oxygens (including phenoxy) is 1. The van der Waals surface area contributed by atoms with Gasteiger partial charge in [0.25, 0.3) is 0 Å². The van der Waals surface area contributed by atoms with Crippen molar-refractivity contribution < 1.29 is 14.3 Å². The molecule has 1 heterocycles. The molecule has 0 fully saturated rings. The minimum Gasteiger partial charge on any atom is -0.464 e. The Morgan fingerprint density at radius 2 is 2.28 bits per heavy atom. The zero-order chi connectivity index (χ0) is 13.5. The average molecular weight is 289 g/mol. The van der Waals surface area contributed by atoms with E-state index in [9.17, 15) is 9.59 Å². The van der Waals surface area contributed by atoms with Gasteiger partial charge in [0.05, 0.1) is 16.7 Å². The fourth-order valence-corrected chi connectivity index (χ4v) is 2.09. The van der Waals surface area contributed by atoms with Gasteiger partial charge in [0.15, 0.2) is 5.37 Å². The lowest BCUT2D eigenvalue weighted by atomic mass is 10.5. The van der Waals surface area contributed by atoms with E-state index in [4.69, 9.17) is 16.3 Å². The SMILES string of the molecule is CCOC(=O)C(NC(C)=O)Sc1ccc(Cl)cn1. The van der Waals surface area contributed by atoms with E-state index in [0.717, 1.165) is 11.8 Å². The summed E-state index contributed by atoms with van der Waals surface area (Å²) in [7, 11) is 0. The first-order chi connectivity index (χ1) is 8.52. The van der Waals surface area contributed by atoms with Crippen molar-refractivity contribution in [3.63, 3.8) is 0 Å². The van der Waals surface area contributed by atoms with E-state index < -0.39 is 11.3 Å². The molecule has 0 aliphatic heterocycles. The lowest BCUT2D eigenvalue weighted by molar-refractivity contribution is -0.144. The highest BCUT2D eigenvalue weighted by Gasteiger charge is 2.22. The van der Waals surface area contributed by atoms with Gasteiger partial charge in [-0.25, -0.2) is 9.78 Å². The normalized spacial score (nSPS) is 11.7. The summed E-state index contributed by atoms with van der Waals surface area (Å²) in [6.07, 6.45) is 1.47. The summed E-state index contributed by atoms with van der Waals surface area (Å²) < 4.78 is 4.87. The van der Waals surface area contributed by atoms with Gasteiger partial charge in [0.2, 0.25) is 5.91 Å². The van der Waals surface area contributed by atoms with Gasteiger partial charge in [-0.15, -0.1) is 0 Å². The van der Waals surface area contributed by atoms with E-state index >= 15 is 0 Å². The van der Waals surface area contributed by atoms with Crippen LogP contribution in [0.25, 0.3) is 0 Å². The Hall–Kier alpha value is -1.27. The molecule has 0 aliphatic carbocycles. The van der Waals surface area contributed by atoms with Gasteiger partial charge in [-0.05, 0) is 19.1 Å². The van der Waals surface area contributed by atoms with E-state index in [-0.39, 0.29) is 12.5 Å².